The lowest BCUT2D eigenvalue weighted by molar-refractivity contribution is -0.0161. The SMILES string of the molecule is CC1CC(O)=C(C2CCC(N)C(C)(C3(C)CC=CCC3)C2)C(C)C1. The van der Waals surface area contributed by atoms with Crippen molar-refractivity contribution >= 4 is 0 Å². The van der Waals surface area contributed by atoms with E-state index in [0.717, 1.165) is 32.1 Å². The van der Waals surface area contributed by atoms with Gasteiger partial charge in [0.1, 0.15) is 0 Å². The first-order chi connectivity index (χ1) is 11.3. The van der Waals surface area contributed by atoms with Gasteiger partial charge in [-0.15, -0.1) is 0 Å². The third-order valence-corrected chi connectivity index (χ3v) is 7.89. The number of allylic oxidation sites excluding steroid dienone is 4. The molecule has 6 unspecified atom stereocenters. The standard InChI is InChI=1S/C22H37NO/c1-15-12-16(2)20(18(24)13-15)17-8-9-19(23)22(4,14-17)21(3)10-6-5-7-11-21/h5-6,15-17,19,24H,7-14,23H2,1-4H3. The van der Waals surface area contributed by atoms with Crippen LogP contribution in [0.5, 0.6) is 0 Å². The molecule has 2 nitrogen and oxygen atoms in total. The zero-order valence-electron chi connectivity index (χ0n) is 16.1. The second-order valence-electron chi connectivity index (χ2n) is 9.63. The predicted molar refractivity (Wildman–Crippen MR) is 102 cm³/mol. The Morgan fingerprint density at radius 2 is 1.92 bits per heavy atom. The van der Waals surface area contributed by atoms with E-state index in [2.05, 4.69) is 39.8 Å². The van der Waals surface area contributed by atoms with Gasteiger partial charge in [-0.3, -0.25) is 0 Å². The van der Waals surface area contributed by atoms with E-state index in [1.165, 1.54) is 24.8 Å². The van der Waals surface area contributed by atoms with Crippen LogP contribution in [0.4, 0.5) is 0 Å². The molecule has 0 bridgehead atoms. The highest BCUT2D eigenvalue weighted by atomic mass is 16.3. The molecule has 0 aromatic carbocycles. The summed E-state index contributed by atoms with van der Waals surface area (Å²) in [7, 11) is 0. The molecule has 1 saturated carbocycles. The quantitative estimate of drug-likeness (QED) is 0.633. The number of hydrogen-bond acceptors (Lipinski definition) is 2. The second-order valence-corrected chi connectivity index (χ2v) is 9.63. The smallest absolute Gasteiger partial charge is 0.0922 e. The normalized spacial score (nSPS) is 47.0. The van der Waals surface area contributed by atoms with E-state index in [1.54, 1.807) is 0 Å². The minimum absolute atomic E-state index is 0.163. The summed E-state index contributed by atoms with van der Waals surface area (Å²) >= 11 is 0. The zero-order valence-corrected chi connectivity index (χ0v) is 16.1. The summed E-state index contributed by atoms with van der Waals surface area (Å²) in [5.74, 6) is 2.37. The Labute approximate surface area is 148 Å². The topological polar surface area (TPSA) is 46.2 Å². The molecule has 2 heteroatoms. The first kappa shape index (κ1) is 18.0. The largest absolute Gasteiger partial charge is 0.512 e. The van der Waals surface area contributed by atoms with Gasteiger partial charge in [0.2, 0.25) is 0 Å². The van der Waals surface area contributed by atoms with Crippen molar-refractivity contribution in [2.45, 2.75) is 85.1 Å². The Bertz CT molecular complexity index is 536. The van der Waals surface area contributed by atoms with Crippen LogP contribution in [-0.4, -0.2) is 11.1 Å². The van der Waals surface area contributed by atoms with Gasteiger partial charge >= 0.3 is 0 Å². The van der Waals surface area contributed by atoms with E-state index in [-0.39, 0.29) is 11.5 Å². The second kappa shape index (κ2) is 6.52. The molecule has 0 heterocycles. The van der Waals surface area contributed by atoms with E-state index in [1.807, 2.05) is 0 Å². The fraction of sp³-hybridized carbons (Fsp3) is 0.818. The van der Waals surface area contributed by atoms with Crippen molar-refractivity contribution in [1.29, 1.82) is 0 Å². The Balaban J connectivity index is 1.88. The number of aliphatic hydroxyl groups excluding tert-OH is 1. The molecule has 0 aromatic heterocycles. The summed E-state index contributed by atoms with van der Waals surface area (Å²) in [6.07, 6.45) is 13.8. The fourth-order valence-electron chi connectivity index (χ4n) is 6.09. The van der Waals surface area contributed by atoms with Crippen LogP contribution in [0.25, 0.3) is 0 Å². The molecule has 0 aliphatic heterocycles. The molecule has 0 saturated heterocycles. The van der Waals surface area contributed by atoms with Crippen LogP contribution < -0.4 is 5.73 Å². The van der Waals surface area contributed by atoms with E-state index < -0.39 is 0 Å². The molecule has 3 rings (SSSR count). The third-order valence-electron chi connectivity index (χ3n) is 7.89. The minimum atomic E-state index is 0.163. The molecule has 6 atom stereocenters. The van der Waals surface area contributed by atoms with Gasteiger partial charge in [-0.2, -0.15) is 0 Å². The maximum Gasteiger partial charge on any atom is 0.0922 e. The molecule has 3 aliphatic carbocycles. The monoisotopic (exact) mass is 331 g/mol. The maximum atomic E-state index is 10.7. The summed E-state index contributed by atoms with van der Waals surface area (Å²) in [5.41, 5.74) is 8.54. The molecular formula is C22H37NO. The molecule has 3 aliphatic rings. The Kier molecular flexibility index (Phi) is 4.90. The third kappa shape index (κ3) is 2.96. The van der Waals surface area contributed by atoms with Crippen LogP contribution in [0.2, 0.25) is 0 Å². The molecule has 3 N–H and O–H groups in total. The summed E-state index contributed by atoms with van der Waals surface area (Å²) in [5, 5.41) is 10.7. The van der Waals surface area contributed by atoms with Crippen molar-refractivity contribution in [3.8, 4) is 0 Å². The van der Waals surface area contributed by atoms with E-state index in [9.17, 15) is 5.11 Å². The lowest BCUT2D eigenvalue weighted by Gasteiger charge is -2.56. The summed E-state index contributed by atoms with van der Waals surface area (Å²) in [6, 6.07) is 0.283. The van der Waals surface area contributed by atoms with Gasteiger partial charge in [0, 0.05) is 12.5 Å². The van der Waals surface area contributed by atoms with Crippen LogP contribution in [0.1, 0.15) is 79.1 Å². The van der Waals surface area contributed by atoms with Crippen molar-refractivity contribution in [3.63, 3.8) is 0 Å². The molecular weight excluding hydrogens is 294 g/mol. The first-order valence-corrected chi connectivity index (χ1v) is 10.1. The molecule has 0 amide bonds. The number of hydrogen-bond donors (Lipinski definition) is 2. The molecule has 0 spiro atoms. The summed E-state index contributed by atoms with van der Waals surface area (Å²) in [4.78, 5) is 0. The van der Waals surface area contributed by atoms with Crippen molar-refractivity contribution in [2.24, 2.45) is 34.3 Å². The average Bonchev–Trinajstić information content (AvgIpc) is 2.50. The van der Waals surface area contributed by atoms with E-state index >= 15 is 0 Å². The summed E-state index contributed by atoms with van der Waals surface area (Å²) in [6.45, 7) is 9.48. The predicted octanol–water partition coefficient (Wildman–Crippen LogP) is 5.74. The van der Waals surface area contributed by atoms with Crippen LogP contribution in [0.15, 0.2) is 23.5 Å². The maximum absolute atomic E-state index is 10.7. The molecule has 1 fully saturated rings. The highest BCUT2D eigenvalue weighted by Crippen LogP contribution is 2.57. The molecule has 136 valence electrons. The highest BCUT2D eigenvalue weighted by Gasteiger charge is 2.51. The molecule has 0 aromatic rings. The lowest BCUT2D eigenvalue weighted by atomic mass is 9.50. The Morgan fingerprint density at radius 1 is 1.17 bits per heavy atom. The molecule has 24 heavy (non-hydrogen) atoms. The van der Waals surface area contributed by atoms with Crippen LogP contribution in [0.3, 0.4) is 0 Å². The van der Waals surface area contributed by atoms with E-state index in [4.69, 9.17) is 5.73 Å². The first-order valence-electron chi connectivity index (χ1n) is 10.1. The number of rotatable bonds is 2. The average molecular weight is 332 g/mol. The Morgan fingerprint density at radius 3 is 2.54 bits per heavy atom. The minimum Gasteiger partial charge on any atom is -0.512 e. The van der Waals surface area contributed by atoms with Gasteiger partial charge < -0.3 is 10.8 Å². The Hall–Kier alpha value is -0.760. The van der Waals surface area contributed by atoms with Gasteiger partial charge in [0.05, 0.1) is 5.76 Å². The number of aliphatic hydroxyl groups is 1. The van der Waals surface area contributed by atoms with Gasteiger partial charge in [0.25, 0.3) is 0 Å². The highest BCUT2D eigenvalue weighted by molar-refractivity contribution is 5.21. The van der Waals surface area contributed by atoms with Crippen molar-refractivity contribution < 1.29 is 5.11 Å². The lowest BCUT2D eigenvalue weighted by Crippen LogP contribution is -2.54. The van der Waals surface area contributed by atoms with Gasteiger partial charge in [-0.25, -0.2) is 0 Å². The van der Waals surface area contributed by atoms with Crippen molar-refractivity contribution in [1.82, 2.24) is 0 Å². The molecule has 0 radical (unpaired) electrons. The van der Waals surface area contributed by atoms with Gasteiger partial charge in [0.15, 0.2) is 0 Å². The summed E-state index contributed by atoms with van der Waals surface area (Å²) < 4.78 is 0. The van der Waals surface area contributed by atoms with Crippen LogP contribution in [-0.2, 0) is 0 Å². The van der Waals surface area contributed by atoms with Crippen LogP contribution in [0, 0.1) is 28.6 Å². The van der Waals surface area contributed by atoms with Crippen molar-refractivity contribution in [2.75, 3.05) is 0 Å². The van der Waals surface area contributed by atoms with Crippen LogP contribution >= 0.6 is 0 Å². The van der Waals surface area contributed by atoms with E-state index in [0.29, 0.717) is 28.9 Å². The zero-order chi connectivity index (χ0) is 17.5. The number of nitrogens with two attached hydrogens (primary N) is 1. The van der Waals surface area contributed by atoms with Crippen molar-refractivity contribution in [3.05, 3.63) is 23.5 Å². The van der Waals surface area contributed by atoms with Gasteiger partial charge in [-0.1, -0.05) is 39.8 Å². The fourth-order valence-corrected chi connectivity index (χ4v) is 6.09. The van der Waals surface area contributed by atoms with Gasteiger partial charge in [-0.05, 0) is 79.1 Å².